The van der Waals surface area contributed by atoms with Gasteiger partial charge in [-0.1, -0.05) is 54.6 Å². The van der Waals surface area contributed by atoms with Crippen LogP contribution in [0.3, 0.4) is 0 Å². The smallest absolute Gasteiger partial charge is 0.271 e. The Labute approximate surface area is 164 Å². The molecule has 1 amide bonds. The van der Waals surface area contributed by atoms with E-state index in [2.05, 4.69) is 22.7 Å². The first-order valence-corrected chi connectivity index (χ1v) is 8.85. The molecule has 0 radical (unpaired) electrons. The molecule has 0 heterocycles. The van der Waals surface area contributed by atoms with Crippen molar-refractivity contribution in [3.8, 4) is 22.6 Å². The number of ether oxygens (including phenoxy) is 2. The molecule has 5 heteroatoms. The molecule has 0 unspecified atom stereocenters. The van der Waals surface area contributed by atoms with Crippen molar-refractivity contribution in [2.45, 2.75) is 6.92 Å². The number of benzene rings is 3. The maximum Gasteiger partial charge on any atom is 0.271 e. The summed E-state index contributed by atoms with van der Waals surface area (Å²) in [5, 5.41) is 4.22. The van der Waals surface area contributed by atoms with Crippen LogP contribution in [0.5, 0.6) is 11.5 Å². The zero-order valence-electron chi connectivity index (χ0n) is 16.1. The Hall–Kier alpha value is -3.60. The average Bonchev–Trinajstić information content (AvgIpc) is 2.77. The van der Waals surface area contributed by atoms with E-state index in [9.17, 15) is 4.79 Å². The predicted molar refractivity (Wildman–Crippen MR) is 111 cm³/mol. The van der Waals surface area contributed by atoms with Crippen LogP contribution in [0.1, 0.15) is 22.8 Å². The second-order valence-electron chi connectivity index (χ2n) is 6.15. The quantitative estimate of drug-likeness (QED) is 0.510. The fourth-order valence-electron chi connectivity index (χ4n) is 2.78. The summed E-state index contributed by atoms with van der Waals surface area (Å²) in [6, 6.07) is 23.2. The first-order chi connectivity index (χ1) is 13.6. The lowest BCUT2D eigenvalue weighted by atomic mass is 10.0. The maximum atomic E-state index is 12.4. The molecule has 1 N–H and O–H groups in total. The highest BCUT2D eigenvalue weighted by Crippen LogP contribution is 2.27. The third-order valence-corrected chi connectivity index (χ3v) is 4.38. The molecule has 0 atom stereocenters. The van der Waals surface area contributed by atoms with Gasteiger partial charge in [-0.3, -0.25) is 4.79 Å². The van der Waals surface area contributed by atoms with Crippen LogP contribution in [-0.2, 0) is 0 Å². The number of carbonyl (C=O) groups excluding carboxylic acids is 1. The van der Waals surface area contributed by atoms with E-state index in [0.29, 0.717) is 22.8 Å². The molecule has 0 bridgehead atoms. The van der Waals surface area contributed by atoms with Crippen molar-refractivity contribution >= 4 is 11.6 Å². The summed E-state index contributed by atoms with van der Waals surface area (Å²) in [6.07, 6.45) is 0. The maximum absolute atomic E-state index is 12.4. The van der Waals surface area contributed by atoms with Gasteiger partial charge in [-0.15, -0.1) is 0 Å². The lowest BCUT2D eigenvalue weighted by Crippen LogP contribution is -2.19. The van der Waals surface area contributed by atoms with Crippen LogP contribution in [-0.4, -0.2) is 25.8 Å². The molecule has 3 aromatic rings. The lowest BCUT2D eigenvalue weighted by Gasteiger charge is -2.09. The molecule has 28 heavy (non-hydrogen) atoms. The molecule has 142 valence electrons. The third kappa shape index (κ3) is 4.38. The van der Waals surface area contributed by atoms with E-state index < -0.39 is 0 Å². The van der Waals surface area contributed by atoms with Crippen molar-refractivity contribution in [2.75, 3.05) is 14.2 Å². The average molecular weight is 374 g/mol. The van der Waals surface area contributed by atoms with E-state index in [1.54, 1.807) is 25.3 Å². The van der Waals surface area contributed by atoms with E-state index in [-0.39, 0.29) is 5.91 Å². The lowest BCUT2D eigenvalue weighted by molar-refractivity contribution is 0.0954. The summed E-state index contributed by atoms with van der Waals surface area (Å²) in [6.45, 7) is 1.85. The first kappa shape index (κ1) is 19.2. The van der Waals surface area contributed by atoms with Crippen molar-refractivity contribution in [3.63, 3.8) is 0 Å². The molecular weight excluding hydrogens is 352 g/mol. The van der Waals surface area contributed by atoms with Gasteiger partial charge in [-0.25, -0.2) is 5.43 Å². The summed E-state index contributed by atoms with van der Waals surface area (Å²) in [5.41, 5.74) is 6.97. The number of hydrogen-bond acceptors (Lipinski definition) is 4. The molecule has 0 fully saturated rings. The molecule has 0 aliphatic rings. The van der Waals surface area contributed by atoms with Crippen molar-refractivity contribution in [1.29, 1.82) is 0 Å². The number of amides is 1. The fourth-order valence-corrected chi connectivity index (χ4v) is 2.78. The fraction of sp³-hybridized carbons (Fsp3) is 0.130. The second-order valence-corrected chi connectivity index (χ2v) is 6.15. The summed E-state index contributed by atoms with van der Waals surface area (Å²) in [4.78, 5) is 12.4. The third-order valence-electron chi connectivity index (χ3n) is 4.38. The molecule has 5 nitrogen and oxygen atoms in total. The Bertz CT molecular complexity index is 980. The summed E-state index contributed by atoms with van der Waals surface area (Å²) < 4.78 is 10.4. The van der Waals surface area contributed by atoms with Gasteiger partial charge in [0.25, 0.3) is 5.91 Å². The second kappa shape index (κ2) is 8.86. The topological polar surface area (TPSA) is 59.9 Å². The summed E-state index contributed by atoms with van der Waals surface area (Å²) >= 11 is 0. The highest BCUT2D eigenvalue weighted by Gasteiger charge is 2.10. The van der Waals surface area contributed by atoms with Gasteiger partial charge >= 0.3 is 0 Å². The van der Waals surface area contributed by atoms with Crippen LogP contribution in [0, 0.1) is 0 Å². The first-order valence-electron chi connectivity index (χ1n) is 8.85. The minimum atomic E-state index is -0.318. The van der Waals surface area contributed by atoms with Crippen LogP contribution in [0.4, 0.5) is 0 Å². The highest BCUT2D eigenvalue weighted by atomic mass is 16.5. The van der Waals surface area contributed by atoms with Gasteiger partial charge in [0.1, 0.15) is 0 Å². The number of carbonyl (C=O) groups is 1. The van der Waals surface area contributed by atoms with Gasteiger partial charge in [0.05, 0.1) is 19.9 Å². The molecule has 0 saturated heterocycles. The highest BCUT2D eigenvalue weighted by molar-refractivity contribution is 6.01. The van der Waals surface area contributed by atoms with Gasteiger partial charge in [0, 0.05) is 5.56 Å². The van der Waals surface area contributed by atoms with E-state index in [4.69, 9.17) is 9.47 Å². The van der Waals surface area contributed by atoms with Crippen LogP contribution in [0.15, 0.2) is 77.9 Å². The minimum Gasteiger partial charge on any atom is -0.493 e. The standard InChI is InChI=1S/C23H22N2O3/c1-16(17-9-11-19(12-10-17)18-7-5-4-6-8-18)24-25-23(26)20-13-14-21(27-2)22(15-20)28-3/h4-15H,1-3H3,(H,25,26)/b24-16+. The number of nitrogens with zero attached hydrogens (tertiary/aromatic N) is 1. The Morgan fingerprint density at radius 2 is 1.39 bits per heavy atom. The van der Waals surface area contributed by atoms with Crippen LogP contribution in [0.2, 0.25) is 0 Å². The van der Waals surface area contributed by atoms with Gasteiger partial charge in [-0.05, 0) is 41.8 Å². The van der Waals surface area contributed by atoms with E-state index in [0.717, 1.165) is 16.7 Å². The van der Waals surface area contributed by atoms with Crippen molar-refractivity contribution < 1.29 is 14.3 Å². The molecule has 0 aromatic heterocycles. The number of methoxy groups -OCH3 is 2. The van der Waals surface area contributed by atoms with Crippen molar-refractivity contribution in [3.05, 3.63) is 83.9 Å². The van der Waals surface area contributed by atoms with E-state index in [1.807, 2.05) is 49.4 Å². The summed E-state index contributed by atoms with van der Waals surface area (Å²) in [7, 11) is 3.08. The van der Waals surface area contributed by atoms with Crippen LogP contribution < -0.4 is 14.9 Å². The molecule has 0 aliphatic heterocycles. The number of nitrogens with one attached hydrogen (secondary N) is 1. The van der Waals surface area contributed by atoms with Gasteiger partial charge in [-0.2, -0.15) is 5.10 Å². The Morgan fingerprint density at radius 3 is 2.04 bits per heavy atom. The Kier molecular flexibility index (Phi) is 6.07. The van der Waals surface area contributed by atoms with E-state index >= 15 is 0 Å². The van der Waals surface area contributed by atoms with Gasteiger partial charge < -0.3 is 9.47 Å². The van der Waals surface area contributed by atoms with Gasteiger partial charge in [0.15, 0.2) is 11.5 Å². The molecule has 0 aliphatic carbocycles. The Morgan fingerprint density at radius 1 is 0.786 bits per heavy atom. The molecular formula is C23H22N2O3. The van der Waals surface area contributed by atoms with Crippen LogP contribution >= 0.6 is 0 Å². The summed E-state index contributed by atoms with van der Waals surface area (Å²) in [5.74, 6) is 0.741. The molecule has 3 rings (SSSR count). The number of hydrazone groups is 1. The number of hydrogen-bond donors (Lipinski definition) is 1. The molecule has 3 aromatic carbocycles. The predicted octanol–water partition coefficient (Wildman–Crippen LogP) is 4.52. The zero-order valence-corrected chi connectivity index (χ0v) is 16.1. The minimum absolute atomic E-state index is 0.318. The van der Waals surface area contributed by atoms with E-state index in [1.165, 1.54) is 7.11 Å². The molecule has 0 saturated carbocycles. The largest absolute Gasteiger partial charge is 0.493 e. The Balaban J connectivity index is 1.71. The number of rotatable bonds is 6. The van der Waals surface area contributed by atoms with Crippen molar-refractivity contribution in [1.82, 2.24) is 5.43 Å². The monoisotopic (exact) mass is 374 g/mol. The van der Waals surface area contributed by atoms with Crippen LogP contribution in [0.25, 0.3) is 11.1 Å². The zero-order chi connectivity index (χ0) is 19.9. The molecule has 0 spiro atoms. The normalized spacial score (nSPS) is 11.0. The van der Waals surface area contributed by atoms with Gasteiger partial charge in [0.2, 0.25) is 0 Å². The van der Waals surface area contributed by atoms with Crippen molar-refractivity contribution in [2.24, 2.45) is 5.10 Å². The SMILES string of the molecule is COc1ccc(C(=O)N/N=C(\C)c2ccc(-c3ccccc3)cc2)cc1OC.